The molecule has 0 bridgehead atoms. The van der Waals surface area contributed by atoms with E-state index in [9.17, 15) is 9.59 Å². The average Bonchev–Trinajstić information content (AvgIpc) is 2.87. The third-order valence-electron chi connectivity index (χ3n) is 5.87. The maximum absolute atomic E-state index is 11.4. The zero-order valence-corrected chi connectivity index (χ0v) is 25.7. The Morgan fingerprint density at radius 1 is 0.895 bits per heavy atom. The minimum absolute atomic E-state index is 0.165. The lowest BCUT2D eigenvalue weighted by atomic mass is 9.78. The van der Waals surface area contributed by atoms with E-state index in [1.807, 2.05) is 36.4 Å². The van der Waals surface area contributed by atoms with Crippen LogP contribution in [0.3, 0.4) is 0 Å². The summed E-state index contributed by atoms with van der Waals surface area (Å²) in [5.74, 6) is 0.817. The minimum Gasteiger partial charge on any atom is -0.490 e. The summed E-state index contributed by atoms with van der Waals surface area (Å²) in [7, 11) is 0. The van der Waals surface area contributed by atoms with Crippen LogP contribution in [-0.4, -0.2) is 56.5 Å². The molecule has 2 rings (SSSR count). The molecule has 38 heavy (non-hydrogen) atoms. The van der Waals surface area contributed by atoms with Crippen LogP contribution in [0.1, 0.15) is 58.6 Å². The normalized spacial score (nSPS) is 12.9. The molecule has 0 heterocycles. The predicted molar refractivity (Wildman–Crippen MR) is 156 cm³/mol. The van der Waals surface area contributed by atoms with E-state index in [1.54, 1.807) is 0 Å². The first-order valence-electron chi connectivity index (χ1n) is 12.7. The molecule has 0 saturated carbocycles. The van der Waals surface area contributed by atoms with E-state index >= 15 is 0 Å². The van der Waals surface area contributed by atoms with Gasteiger partial charge in [-0.05, 0) is 64.4 Å². The first-order chi connectivity index (χ1) is 18.1. The van der Waals surface area contributed by atoms with Gasteiger partial charge in [0.2, 0.25) is 0 Å². The summed E-state index contributed by atoms with van der Waals surface area (Å²) in [6.07, 6.45) is 1.04. The molecule has 0 N–H and O–H groups in total. The number of carbonyl (C=O) groups excluding carboxylic acids is 2. The van der Waals surface area contributed by atoms with E-state index in [1.165, 1.54) is 13.8 Å². The van der Waals surface area contributed by atoms with Crippen molar-refractivity contribution in [1.29, 1.82) is 0 Å². The summed E-state index contributed by atoms with van der Waals surface area (Å²) >= 11 is 8.12. The molecule has 0 radical (unpaired) electrons. The minimum atomic E-state index is -0.500. The van der Waals surface area contributed by atoms with Crippen LogP contribution in [0.15, 0.2) is 42.5 Å². The van der Waals surface area contributed by atoms with Gasteiger partial charge < -0.3 is 23.7 Å². The highest BCUT2D eigenvalue weighted by Gasteiger charge is 2.24. The number of carbonyl (C=O) groups is 2. The van der Waals surface area contributed by atoms with E-state index in [2.05, 4.69) is 49.4 Å². The number of hydrogen-bond acceptors (Lipinski definition) is 7. The van der Waals surface area contributed by atoms with E-state index < -0.39 is 12.2 Å². The molecule has 0 aliphatic rings. The fourth-order valence-corrected chi connectivity index (χ4v) is 4.49. The van der Waals surface area contributed by atoms with E-state index in [0.29, 0.717) is 24.7 Å². The highest BCUT2D eigenvalue weighted by atomic mass is 127. The molecule has 0 aliphatic carbocycles. The van der Waals surface area contributed by atoms with Crippen LogP contribution >= 0.6 is 34.2 Å². The van der Waals surface area contributed by atoms with Crippen molar-refractivity contribution in [2.45, 2.75) is 65.1 Å². The molecule has 2 atom stereocenters. The van der Waals surface area contributed by atoms with Gasteiger partial charge in [-0.25, -0.2) is 0 Å². The molecule has 210 valence electrons. The van der Waals surface area contributed by atoms with Crippen LogP contribution in [0.4, 0.5) is 0 Å². The number of hydrogen-bond donors (Lipinski definition) is 0. The second kappa shape index (κ2) is 16.2. The number of rotatable bonds is 16. The first kappa shape index (κ1) is 32.2. The maximum atomic E-state index is 11.4. The highest BCUT2D eigenvalue weighted by Crippen LogP contribution is 2.35. The molecule has 0 unspecified atom stereocenters. The summed E-state index contributed by atoms with van der Waals surface area (Å²) in [6, 6.07) is 14.0. The van der Waals surface area contributed by atoms with Crippen LogP contribution in [0.2, 0.25) is 0 Å². The molecule has 0 fully saturated rings. The topological polar surface area (TPSA) is 80.3 Å². The molecule has 0 saturated heterocycles. The third kappa shape index (κ3) is 10.6. The highest BCUT2D eigenvalue weighted by molar-refractivity contribution is 14.1. The number of unbranched alkanes of at least 4 members (excludes halogenated alkanes) is 1. The summed E-state index contributed by atoms with van der Waals surface area (Å²) in [5, 5.41) is 0. The molecule has 0 aliphatic heterocycles. The Hall–Kier alpha value is -2.04. The van der Waals surface area contributed by atoms with Crippen molar-refractivity contribution in [3.63, 3.8) is 0 Å². The molecular weight excluding hydrogens is 623 g/mol. The molecule has 0 spiro atoms. The van der Waals surface area contributed by atoms with Crippen molar-refractivity contribution in [3.8, 4) is 11.5 Å². The first-order valence-corrected chi connectivity index (χ1v) is 14.3. The van der Waals surface area contributed by atoms with Crippen LogP contribution in [0.5, 0.6) is 11.5 Å². The Balaban J connectivity index is 2.02. The summed E-state index contributed by atoms with van der Waals surface area (Å²) in [6.45, 7) is 10.5. The Morgan fingerprint density at radius 3 is 2.08 bits per heavy atom. The van der Waals surface area contributed by atoms with E-state index in [4.69, 9.17) is 35.3 Å². The van der Waals surface area contributed by atoms with Crippen molar-refractivity contribution >= 4 is 46.1 Å². The standard InChI is InChI=1S/C29H38ClIO7/c1-6-7-14-34-17-26(38-21(3)33)19-35-24-11-8-22(9-12-24)29(4,5)23-10-13-28(27(31)15-23)36-18-25(16-30)37-20(2)32/h8-13,15,25-26H,6-7,14,16-19H2,1-5H3/t25-,26+/m0/s1. The van der Waals surface area contributed by atoms with Gasteiger partial charge >= 0.3 is 11.9 Å². The summed E-state index contributed by atoms with van der Waals surface area (Å²) < 4.78 is 28.8. The Bertz CT molecular complexity index is 1030. The van der Waals surface area contributed by atoms with Crippen molar-refractivity contribution < 1.29 is 33.3 Å². The number of esters is 2. The maximum Gasteiger partial charge on any atom is 0.303 e. The number of halogens is 2. The lowest BCUT2D eigenvalue weighted by Crippen LogP contribution is -2.29. The van der Waals surface area contributed by atoms with Gasteiger partial charge in [0, 0.05) is 25.9 Å². The fourth-order valence-electron chi connectivity index (χ4n) is 3.67. The van der Waals surface area contributed by atoms with Crippen LogP contribution < -0.4 is 9.47 Å². The zero-order valence-electron chi connectivity index (χ0n) is 22.8. The predicted octanol–water partition coefficient (Wildman–Crippen LogP) is 6.29. The van der Waals surface area contributed by atoms with Gasteiger partial charge in [0.15, 0.2) is 6.10 Å². The van der Waals surface area contributed by atoms with E-state index in [-0.39, 0.29) is 36.4 Å². The van der Waals surface area contributed by atoms with Crippen molar-refractivity contribution in [2.75, 3.05) is 32.3 Å². The zero-order chi connectivity index (χ0) is 28.1. The van der Waals surface area contributed by atoms with Gasteiger partial charge in [-0.1, -0.05) is 45.4 Å². The Morgan fingerprint density at radius 2 is 1.50 bits per heavy atom. The van der Waals surface area contributed by atoms with Gasteiger partial charge in [-0.3, -0.25) is 9.59 Å². The lowest BCUT2D eigenvalue weighted by molar-refractivity contribution is -0.151. The van der Waals surface area contributed by atoms with Crippen molar-refractivity contribution in [2.24, 2.45) is 0 Å². The van der Waals surface area contributed by atoms with Gasteiger partial charge in [-0.15, -0.1) is 11.6 Å². The van der Waals surface area contributed by atoms with Crippen LogP contribution in [0, 0.1) is 3.57 Å². The smallest absolute Gasteiger partial charge is 0.303 e. The monoisotopic (exact) mass is 660 g/mol. The van der Waals surface area contributed by atoms with Gasteiger partial charge in [0.05, 0.1) is 16.1 Å². The second-order valence-corrected chi connectivity index (χ2v) is 10.9. The second-order valence-electron chi connectivity index (χ2n) is 9.46. The van der Waals surface area contributed by atoms with Crippen molar-refractivity contribution in [3.05, 3.63) is 57.2 Å². The molecule has 0 amide bonds. The third-order valence-corrected chi connectivity index (χ3v) is 7.06. The SMILES string of the molecule is CCCCOC[C@H](COc1ccc(C(C)(C)c2ccc(OC[C@H](CCl)OC(C)=O)c(I)c2)cc1)OC(C)=O. The van der Waals surface area contributed by atoms with Gasteiger partial charge in [-0.2, -0.15) is 0 Å². The lowest BCUT2D eigenvalue weighted by Gasteiger charge is -2.27. The van der Waals surface area contributed by atoms with Crippen molar-refractivity contribution in [1.82, 2.24) is 0 Å². The quantitative estimate of drug-likeness (QED) is 0.0906. The number of alkyl halides is 1. The van der Waals surface area contributed by atoms with Crippen LogP contribution in [-0.2, 0) is 29.2 Å². The molecule has 9 heteroatoms. The molecule has 0 aromatic heterocycles. The van der Waals surface area contributed by atoms with Crippen LogP contribution in [0.25, 0.3) is 0 Å². The molecular formula is C29H38ClIO7. The molecule has 7 nitrogen and oxygen atoms in total. The fraction of sp³-hybridized carbons (Fsp3) is 0.517. The Labute approximate surface area is 244 Å². The van der Waals surface area contributed by atoms with Gasteiger partial charge in [0.25, 0.3) is 0 Å². The Kier molecular flexibility index (Phi) is 13.7. The largest absolute Gasteiger partial charge is 0.490 e. The van der Waals surface area contributed by atoms with E-state index in [0.717, 1.165) is 27.5 Å². The molecule has 2 aromatic rings. The molecule has 2 aromatic carbocycles. The number of benzene rings is 2. The summed E-state index contributed by atoms with van der Waals surface area (Å²) in [5.41, 5.74) is 1.96. The average molecular weight is 661 g/mol. The summed E-state index contributed by atoms with van der Waals surface area (Å²) in [4.78, 5) is 22.6. The van der Waals surface area contributed by atoms with Gasteiger partial charge in [0.1, 0.15) is 30.8 Å². The number of ether oxygens (including phenoxy) is 5.